The van der Waals surface area contributed by atoms with E-state index in [1.54, 1.807) is 0 Å². The maximum absolute atomic E-state index is 4.46. The van der Waals surface area contributed by atoms with Gasteiger partial charge in [0.25, 0.3) is 0 Å². The second-order valence-electron chi connectivity index (χ2n) is 4.45. The van der Waals surface area contributed by atoms with E-state index in [2.05, 4.69) is 58.8 Å². The Kier molecular flexibility index (Phi) is 5.92. The maximum atomic E-state index is 4.46. The van der Waals surface area contributed by atoms with Gasteiger partial charge in [-0.25, -0.2) is 4.98 Å². The molecule has 3 nitrogen and oxygen atoms in total. The average Bonchev–Trinajstić information content (AvgIpc) is 2.28. The summed E-state index contributed by atoms with van der Waals surface area (Å²) in [5.41, 5.74) is 1.23. The van der Waals surface area contributed by atoms with Crippen LogP contribution in [0.5, 0.6) is 0 Å². The summed E-state index contributed by atoms with van der Waals surface area (Å²) in [6.45, 7) is 11.5. The fourth-order valence-electron chi connectivity index (χ4n) is 1.65. The molecule has 1 rings (SSSR count). The Labute approximate surface area is 113 Å². The van der Waals surface area contributed by atoms with E-state index in [0.29, 0.717) is 6.04 Å². The number of hydrogen-bond donors (Lipinski definition) is 1. The molecule has 0 fully saturated rings. The molecule has 1 aromatic rings. The highest BCUT2D eigenvalue weighted by Crippen LogP contribution is 2.26. The maximum Gasteiger partial charge on any atom is 0.143 e. The van der Waals surface area contributed by atoms with Crippen LogP contribution in [-0.4, -0.2) is 30.7 Å². The minimum atomic E-state index is 0.530. The van der Waals surface area contributed by atoms with Gasteiger partial charge in [-0.15, -0.1) is 0 Å². The topological polar surface area (TPSA) is 28.2 Å². The Morgan fingerprint density at radius 2 is 2.18 bits per heavy atom. The van der Waals surface area contributed by atoms with Gasteiger partial charge in [0.1, 0.15) is 5.82 Å². The van der Waals surface area contributed by atoms with Crippen molar-refractivity contribution in [1.29, 1.82) is 0 Å². The number of rotatable bonds is 6. The minimum absolute atomic E-state index is 0.530. The number of hydrogen-bond acceptors (Lipinski definition) is 3. The van der Waals surface area contributed by atoms with Crippen molar-refractivity contribution in [2.45, 2.75) is 33.7 Å². The summed E-state index contributed by atoms with van der Waals surface area (Å²) < 4.78 is 1.10. The Hall–Kier alpha value is -0.610. The van der Waals surface area contributed by atoms with E-state index in [0.717, 1.165) is 29.9 Å². The summed E-state index contributed by atoms with van der Waals surface area (Å²) in [5.74, 6) is 1.04. The van der Waals surface area contributed by atoms with Crippen molar-refractivity contribution >= 4 is 21.7 Å². The normalized spacial score (nSPS) is 10.9. The molecule has 0 spiro atoms. The minimum Gasteiger partial charge on any atom is -0.355 e. The van der Waals surface area contributed by atoms with Gasteiger partial charge in [0.2, 0.25) is 0 Å². The fourth-order valence-corrected chi connectivity index (χ4v) is 2.13. The van der Waals surface area contributed by atoms with Crippen LogP contribution in [0.15, 0.2) is 16.7 Å². The summed E-state index contributed by atoms with van der Waals surface area (Å²) in [6, 6.07) is 2.55. The molecule has 0 unspecified atom stereocenters. The molecule has 4 heteroatoms. The summed E-state index contributed by atoms with van der Waals surface area (Å²) in [6.07, 6.45) is 1.87. The van der Waals surface area contributed by atoms with Gasteiger partial charge in [0.05, 0.1) is 4.47 Å². The second kappa shape index (κ2) is 6.97. The molecule has 1 aromatic heterocycles. The first-order valence-electron chi connectivity index (χ1n) is 6.15. The predicted molar refractivity (Wildman–Crippen MR) is 77.7 cm³/mol. The molecule has 0 saturated carbocycles. The zero-order valence-corrected chi connectivity index (χ0v) is 12.7. The first-order valence-corrected chi connectivity index (χ1v) is 6.95. The van der Waals surface area contributed by atoms with Gasteiger partial charge in [-0.05, 0) is 41.4 Å². The lowest BCUT2D eigenvalue weighted by molar-refractivity contribution is 0.582. The van der Waals surface area contributed by atoms with E-state index < -0.39 is 0 Å². The van der Waals surface area contributed by atoms with Crippen molar-refractivity contribution in [3.63, 3.8) is 0 Å². The van der Waals surface area contributed by atoms with Gasteiger partial charge in [-0.1, -0.05) is 13.8 Å². The van der Waals surface area contributed by atoms with E-state index in [4.69, 9.17) is 0 Å². The molecule has 96 valence electrons. The van der Waals surface area contributed by atoms with E-state index >= 15 is 0 Å². The molecule has 0 aliphatic heterocycles. The van der Waals surface area contributed by atoms with E-state index in [9.17, 15) is 0 Å². The van der Waals surface area contributed by atoms with Crippen LogP contribution in [0, 0.1) is 6.92 Å². The molecule has 0 amide bonds. The zero-order valence-electron chi connectivity index (χ0n) is 11.1. The van der Waals surface area contributed by atoms with Crippen LogP contribution in [0.3, 0.4) is 0 Å². The Balaban J connectivity index is 2.69. The van der Waals surface area contributed by atoms with Crippen LogP contribution in [-0.2, 0) is 0 Å². The Morgan fingerprint density at radius 3 is 2.76 bits per heavy atom. The van der Waals surface area contributed by atoms with Crippen molar-refractivity contribution in [1.82, 2.24) is 10.3 Å². The van der Waals surface area contributed by atoms with Crippen LogP contribution in [0.2, 0.25) is 0 Å². The molecule has 0 aliphatic carbocycles. The highest BCUT2D eigenvalue weighted by atomic mass is 79.9. The lowest BCUT2D eigenvalue weighted by Gasteiger charge is -2.24. The first-order chi connectivity index (χ1) is 8.06. The smallest absolute Gasteiger partial charge is 0.143 e. The van der Waals surface area contributed by atoms with Gasteiger partial charge in [0.15, 0.2) is 0 Å². The molecule has 0 atom stereocenters. The lowest BCUT2D eigenvalue weighted by atomic mass is 10.3. The molecule has 0 aromatic carbocycles. The van der Waals surface area contributed by atoms with Crippen LogP contribution in [0.25, 0.3) is 0 Å². The Bertz CT molecular complexity index is 353. The average molecular weight is 300 g/mol. The summed E-state index contributed by atoms with van der Waals surface area (Å²) in [5, 5.41) is 3.43. The standard InChI is InChI=1S/C13H22BrN3/c1-5-17(9-8-15-10(2)3)13-12(14)11(4)6-7-16-13/h6-7,10,15H,5,8-9H2,1-4H3. The SMILES string of the molecule is CCN(CCNC(C)C)c1nccc(C)c1Br. The highest BCUT2D eigenvalue weighted by Gasteiger charge is 2.11. The summed E-state index contributed by atoms with van der Waals surface area (Å²) in [7, 11) is 0. The predicted octanol–water partition coefficient (Wildman–Crippen LogP) is 2.98. The van der Waals surface area contributed by atoms with Crippen molar-refractivity contribution in [2.75, 3.05) is 24.5 Å². The number of nitrogens with one attached hydrogen (secondary N) is 1. The third kappa shape index (κ3) is 4.28. The molecule has 1 N–H and O–H groups in total. The second-order valence-corrected chi connectivity index (χ2v) is 5.25. The fraction of sp³-hybridized carbons (Fsp3) is 0.615. The van der Waals surface area contributed by atoms with Crippen molar-refractivity contribution in [3.8, 4) is 0 Å². The molecule has 1 heterocycles. The first kappa shape index (κ1) is 14.5. The summed E-state index contributed by atoms with van der Waals surface area (Å²) >= 11 is 3.62. The van der Waals surface area contributed by atoms with Gasteiger partial charge in [-0.2, -0.15) is 0 Å². The molecule has 0 aliphatic rings. The molecular weight excluding hydrogens is 278 g/mol. The van der Waals surface area contributed by atoms with Crippen LogP contribution >= 0.6 is 15.9 Å². The Morgan fingerprint density at radius 1 is 1.47 bits per heavy atom. The van der Waals surface area contributed by atoms with Crippen molar-refractivity contribution < 1.29 is 0 Å². The van der Waals surface area contributed by atoms with Crippen LogP contribution < -0.4 is 10.2 Å². The van der Waals surface area contributed by atoms with Crippen molar-refractivity contribution in [3.05, 3.63) is 22.3 Å². The van der Waals surface area contributed by atoms with Crippen molar-refractivity contribution in [2.24, 2.45) is 0 Å². The number of nitrogens with zero attached hydrogens (tertiary/aromatic N) is 2. The molecular formula is C13H22BrN3. The third-order valence-corrected chi connectivity index (χ3v) is 3.66. The van der Waals surface area contributed by atoms with E-state index in [1.807, 2.05) is 12.3 Å². The van der Waals surface area contributed by atoms with Gasteiger partial charge < -0.3 is 10.2 Å². The number of anilines is 1. The zero-order chi connectivity index (χ0) is 12.8. The number of aromatic nitrogens is 1. The van der Waals surface area contributed by atoms with E-state index in [1.165, 1.54) is 5.56 Å². The monoisotopic (exact) mass is 299 g/mol. The highest BCUT2D eigenvalue weighted by molar-refractivity contribution is 9.10. The van der Waals surface area contributed by atoms with Crippen LogP contribution in [0.4, 0.5) is 5.82 Å². The lowest BCUT2D eigenvalue weighted by Crippen LogP contribution is -2.35. The molecule has 17 heavy (non-hydrogen) atoms. The number of pyridine rings is 1. The molecule has 0 saturated heterocycles. The largest absolute Gasteiger partial charge is 0.355 e. The van der Waals surface area contributed by atoms with Gasteiger partial charge in [-0.3, -0.25) is 0 Å². The van der Waals surface area contributed by atoms with Gasteiger partial charge >= 0.3 is 0 Å². The third-order valence-electron chi connectivity index (χ3n) is 2.68. The molecule has 0 radical (unpaired) electrons. The quantitative estimate of drug-likeness (QED) is 0.875. The number of halogens is 1. The number of likely N-dealkylation sites (N-methyl/N-ethyl adjacent to an activating group) is 1. The molecule has 0 bridgehead atoms. The van der Waals surface area contributed by atoms with Crippen LogP contribution in [0.1, 0.15) is 26.3 Å². The number of aryl methyl sites for hydroxylation is 1. The summed E-state index contributed by atoms with van der Waals surface area (Å²) in [4.78, 5) is 6.74. The van der Waals surface area contributed by atoms with E-state index in [-0.39, 0.29) is 0 Å². The van der Waals surface area contributed by atoms with Gasteiger partial charge in [0, 0.05) is 31.9 Å².